The second-order valence-electron chi connectivity index (χ2n) is 7.29. The third-order valence-electron chi connectivity index (χ3n) is 5.18. The van der Waals surface area contributed by atoms with E-state index in [1.165, 1.54) is 30.5 Å². The second-order valence-corrected chi connectivity index (χ2v) is 7.29. The first-order valence-electron chi connectivity index (χ1n) is 9.02. The Morgan fingerprint density at radius 2 is 1.73 bits per heavy atom. The van der Waals surface area contributed by atoms with E-state index < -0.39 is 0 Å². The van der Waals surface area contributed by atoms with Crippen molar-refractivity contribution in [1.29, 1.82) is 0 Å². The van der Waals surface area contributed by atoms with Gasteiger partial charge in [0.2, 0.25) is 0 Å². The highest BCUT2D eigenvalue weighted by Crippen LogP contribution is 2.31. The molecule has 4 heteroatoms. The van der Waals surface area contributed by atoms with Gasteiger partial charge in [0.1, 0.15) is 11.4 Å². The minimum Gasteiger partial charge on any atom is -0.423 e. The van der Waals surface area contributed by atoms with Crippen molar-refractivity contribution >= 4 is 11.0 Å². The Morgan fingerprint density at radius 1 is 1.04 bits per heavy atom. The number of halogens is 1. The standard InChI is InChI=1S/C22H22FNO2/c1-14-9-20-17(11-22(25)26-21(20)10-15(14)2)13-24(19-7-8-19)12-16-3-5-18(23)6-4-16/h3-6,9-11,19H,7-8,12-13H2,1-2H3. The average molecular weight is 351 g/mol. The molecule has 134 valence electrons. The van der Waals surface area contributed by atoms with Crippen LogP contribution < -0.4 is 5.63 Å². The van der Waals surface area contributed by atoms with Gasteiger partial charge in [0.05, 0.1) is 0 Å². The Balaban J connectivity index is 1.68. The Kier molecular flexibility index (Phi) is 4.37. The summed E-state index contributed by atoms with van der Waals surface area (Å²) in [5, 5.41) is 0.998. The minimum absolute atomic E-state index is 0.218. The van der Waals surface area contributed by atoms with Gasteiger partial charge in [-0.2, -0.15) is 0 Å². The van der Waals surface area contributed by atoms with Crippen LogP contribution in [0.3, 0.4) is 0 Å². The Bertz CT molecular complexity index is 1000. The molecule has 2 aromatic carbocycles. The van der Waals surface area contributed by atoms with Crippen molar-refractivity contribution in [1.82, 2.24) is 4.90 Å². The third-order valence-corrected chi connectivity index (χ3v) is 5.18. The molecule has 0 spiro atoms. The van der Waals surface area contributed by atoms with E-state index in [0.29, 0.717) is 18.2 Å². The fourth-order valence-electron chi connectivity index (χ4n) is 3.41. The predicted molar refractivity (Wildman–Crippen MR) is 101 cm³/mol. The molecule has 0 aliphatic heterocycles. The summed E-state index contributed by atoms with van der Waals surface area (Å²) in [7, 11) is 0. The molecule has 1 saturated carbocycles. The maximum Gasteiger partial charge on any atom is 0.336 e. The molecule has 0 N–H and O–H groups in total. The lowest BCUT2D eigenvalue weighted by Crippen LogP contribution is -2.25. The topological polar surface area (TPSA) is 33.5 Å². The van der Waals surface area contributed by atoms with Crippen LogP contribution in [-0.2, 0) is 13.1 Å². The Hall–Kier alpha value is -2.46. The molecule has 1 aromatic heterocycles. The molecule has 0 amide bonds. The molecule has 0 radical (unpaired) electrons. The lowest BCUT2D eigenvalue weighted by molar-refractivity contribution is 0.246. The van der Waals surface area contributed by atoms with Gasteiger partial charge in [-0.25, -0.2) is 9.18 Å². The predicted octanol–water partition coefficient (Wildman–Crippen LogP) is 4.71. The fraction of sp³-hybridized carbons (Fsp3) is 0.318. The first-order chi connectivity index (χ1) is 12.5. The summed E-state index contributed by atoms with van der Waals surface area (Å²) >= 11 is 0. The molecule has 3 nitrogen and oxygen atoms in total. The molecular weight excluding hydrogens is 329 g/mol. The van der Waals surface area contributed by atoms with E-state index >= 15 is 0 Å². The van der Waals surface area contributed by atoms with E-state index in [-0.39, 0.29) is 11.4 Å². The molecule has 1 aliphatic carbocycles. The maximum absolute atomic E-state index is 13.2. The number of aryl methyl sites for hydroxylation is 2. The summed E-state index contributed by atoms with van der Waals surface area (Å²) in [6.07, 6.45) is 2.33. The average Bonchev–Trinajstić information content (AvgIpc) is 3.43. The van der Waals surface area contributed by atoms with Gasteiger partial charge in [-0.3, -0.25) is 4.90 Å². The van der Waals surface area contributed by atoms with E-state index in [0.717, 1.165) is 28.6 Å². The molecule has 1 aliphatic rings. The first-order valence-corrected chi connectivity index (χ1v) is 9.02. The van der Waals surface area contributed by atoms with Gasteiger partial charge in [0.25, 0.3) is 0 Å². The van der Waals surface area contributed by atoms with Crippen LogP contribution in [0.25, 0.3) is 11.0 Å². The molecule has 0 unspecified atom stereocenters. The van der Waals surface area contributed by atoms with Gasteiger partial charge in [-0.15, -0.1) is 0 Å². The number of rotatable bonds is 5. The van der Waals surface area contributed by atoms with Crippen LogP contribution in [-0.4, -0.2) is 10.9 Å². The van der Waals surface area contributed by atoms with Gasteiger partial charge >= 0.3 is 5.63 Å². The van der Waals surface area contributed by atoms with E-state index in [2.05, 4.69) is 17.9 Å². The molecule has 4 rings (SSSR count). The van der Waals surface area contributed by atoms with E-state index in [4.69, 9.17) is 4.42 Å². The van der Waals surface area contributed by atoms with Gasteiger partial charge < -0.3 is 4.42 Å². The number of hydrogen-bond donors (Lipinski definition) is 0. The van der Waals surface area contributed by atoms with Crippen LogP contribution in [0.1, 0.15) is 35.1 Å². The summed E-state index contributed by atoms with van der Waals surface area (Å²) in [5.41, 5.74) is 4.71. The van der Waals surface area contributed by atoms with Crippen LogP contribution >= 0.6 is 0 Å². The van der Waals surface area contributed by atoms with Crippen molar-refractivity contribution in [2.75, 3.05) is 0 Å². The largest absolute Gasteiger partial charge is 0.423 e. The summed E-state index contributed by atoms with van der Waals surface area (Å²) in [6, 6.07) is 12.8. The van der Waals surface area contributed by atoms with Crippen LogP contribution in [0, 0.1) is 19.7 Å². The summed E-state index contributed by atoms with van der Waals surface area (Å²) in [6.45, 7) is 5.53. The number of benzene rings is 2. The minimum atomic E-state index is -0.312. The Morgan fingerprint density at radius 3 is 2.42 bits per heavy atom. The Labute approximate surface area is 152 Å². The van der Waals surface area contributed by atoms with Gasteiger partial charge in [-0.1, -0.05) is 12.1 Å². The van der Waals surface area contributed by atoms with Crippen molar-refractivity contribution < 1.29 is 8.81 Å². The second kappa shape index (κ2) is 6.69. The van der Waals surface area contributed by atoms with E-state index in [1.807, 2.05) is 25.1 Å². The number of fused-ring (bicyclic) bond motifs is 1. The monoisotopic (exact) mass is 351 g/mol. The fourth-order valence-corrected chi connectivity index (χ4v) is 3.41. The van der Waals surface area contributed by atoms with Crippen molar-refractivity contribution in [2.45, 2.75) is 45.8 Å². The highest BCUT2D eigenvalue weighted by Gasteiger charge is 2.29. The lowest BCUT2D eigenvalue weighted by atomic mass is 10.0. The highest BCUT2D eigenvalue weighted by atomic mass is 19.1. The summed E-state index contributed by atoms with van der Waals surface area (Å²) in [4.78, 5) is 14.4. The molecule has 1 heterocycles. The quantitative estimate of drug-likeness (QED) is 0.624. The van der Waals surface area contributed by atoms with Crippen molar-refractivity contribution in [3.8, 4) is 0 Å². The zero-order valence-corrected chi connectivity index (χ0v) is 15.1. The molecule has 26 heavy (non-hydrogen) atoms. The highest BCUT2D eigenvalue weighted by molar-refractivity contribution is 5.81. The molecule has 0 bridgehead atoms. The van der Waals surface area contributed by atoms with Crippen molar-refractivity contribution in [3.63, 3.8) is 0 Å². The normalized spacial score (nSPS) is 14.3. The van der Waals surface area contributed by atoms with E-state index in [9.17, 15) is 9.18 Å². The van der Waals surface area contributed by atoms with E-state index in [1.54, 1.807) is 6.07 Å². The first kappa shape index (κ1) is 17.0. The van der Waals surface area contributed by atoms with Crippen molar-refractivity contribution in [3.05, 3.63) is 81.0 Å². The summed E-state index contributed by atoms with van der Waals surface area (Å²) in [5.74, 6) is -0.218. The summed E-state index contributed by atoms with van der Waals surface area (Å²) < 4.78 is 18.6. The lowest BCUT2D eigenvalue weighted by Gasteiger charge is -2.23. The third kappa shape index (κ3) is 3.56. The van der Waals surface area contributed by atoms with Gasteiger partial charge in [0.15, 0.2) is 0 Å². The SMILES string of the molecule is Cc1cc2oc(=O)cc(CN(Cc3ccc(F)cc3)C3CC3)c2cc1C. The number of hydrogen-bond acceptors (Lipinski definition) is 3. The maximum atomic E-state index is 13.2. The molecule has 0 atom stereocenters. The zero-order chi connectivity index (χ0) is 18.3. The zero-order valence-electron chi connectivity index (χ0n) is 15.1. The van der Waals surface area contributed by atoms with Crippen LogP contribution in [0.15, 0.2) is 51.7 Å². The molecule has 1 fully saturated rings. The van der Waals surface area contributed by atoms with Gasteiger partial charge in [0, 0.05) is 30.6 Å². The smallest absolute Gasteiger partial charge is 0.336 e. The number of nitrogens with zero attached hydrogens (tertiary/aromatic N) is 1. The molecule has 3 aromatic rings. The molecule has 0 saturated heterocycles. The van der Waals surface area contributed by atoms with Crippen molar-refractivity contribution in [2.24, 2.45) is 0 Å². The van der Waals surface area contributed by atoms with Crippen LogP contribution in [0.5, 0.6) is 0 Å². The molecular formula is C22H22FNO2. The van der Waals surface area contributed by atoms with Crippen LogP contribution in [0.2, 0.25) is 0 Å². The van der Waals surface area contributed by atoms with Crippen LogP contribution in [0.4, 0.5) is 4.39 Å². The van der Waals surface area contributed by atoms with Gasteiger partial charge in [-0.05, 0) is 73.2 Å².